The summed E-state index contributed by atoms with van der Waals surface area (Å²) in [6.07, 6.45) is 0. The van der Waals surface area contributed by atoms with Crippen molar-refractivity contribution in [1.29, 1.82) is 0 Å². The molecule has 0 bridgehead atoms. The highest BCUT2D eigenvalue weighted by Gasteiger charge is 2.26. The molecule has 0 aromatic heterocycles. The van der Waals surface area contributed by atoms with Crippen LogP contribution in [0.15, 0.2) is 0 Å². The molecule has 0 saturated carbocycles. The SMILES string of the molecule is Nc1c(Cl)c(Cl)c([N+](=O)[O-])c(Cl)c1Cl. The van der Waals surface area contributed by atoms with Gasteiger partial charge in [0.05, 0.1) is 20.7 Å². The van der Waals surface area contributed by atoms with Crippen molar-refractivity contribution in [2.75, 3.05) is 5.73 Å². The van der Waals surface area contributed by atoms with E-state index in [1.807, 2.05) is 0 Å². The summed E-state index contributed by atoms with van der Waals surface area (Å²) in [6, 6.07) is 0. The number of nitro benzene ring substituents is 1. The Balaban J connectivity index is 3.68. The number of nitro groups is 1. The van der Waals surface area contributed by atoms with E-state index in [9.17, 15) is 10.1 Å². The van der Waals surface area contributed by atoms with Gasteiger partial charge in [0, 0.05) is 0 Å². The fourth-order valence-electron chi connectivity index (χ4n) is 0.797. The molecule has 8 heteroatoms. The zero-order valence-electron chi connectivity index (χ0n) is 6.35. The molecule has 0 fully saturated rings. The molecule has 0 aliphatic rings. The minimum atomic E-state index is -0.776. The Morgan fingerprint density at radius 2 is 1.36 bits per heavy atom. The number of hydrogen-bond donors (Lipinski definition) is 1. The van der Waals surface area contributed by atoms with E-state index in [0.717, 1.165) is 0 Å². The first kappa shape index (κ1) is 11.7. The summed E-state index contributed by atoms with van der Waals surface area (Å²) in [5.74, 6) is 0. The van der Waals surface area contributed by atoms with Crippen LogP contribution < -0.4 is 5.73 Å². The van der Waals surface area contributed by atoms with E-state index >= 15 is 0 Å². The predicted octanol–water partition coefficient (Wildman–Crippen LogP) is 3.79. The second kappa shape index (κ2) is 3.98. The summed E-state index contributed by atoms with van der Waals surface area (Å²) in [5, 5.41) is 9.56. The molecule has 14 heavy (non-hydrogen) atoms. The average molecular weight is 276 g/mol. The third-order valence-electron chi connectivity index (χ3n) is 1.46. The Morgan fingerprint density at radius 1 is 1.00 bits per heavy atom. The summed E-state index contributed by atoms with van der Waals surface area (Å²) in [6.45, 7) is 0. The molecule has 0 radical (unpaired) electrons. The van der Waals surface area contributed by atoms with Gasteiger partial charge in [0.15, 0.2) is 0 Å². The highest BCUT2D eigenvalue weighted by Crippen LogP contribution is 2.46. The summed E-state index contributed by atoms with van der Waals surface area (Å²) in [4.78, 5) is 9.76. The Labute approximate surface area is 98.6 Å². The topological polar surface area (TPSA) is 69.2 Å². The molecule has 0 aliphatic carbocycles. The van der Waals surface area contributed by atoms with Crippen LogP contribution in [0.1, 0.15) is 0 Å². The van der Waals surface area contributed by atoms with Crippen molar-refractivity contribution >= 4 is 57.8 Å². The van der Waals surface area contributed by atoms with Gasteiger partial charge in [-0.15, -0.1) is 0 Å². The number of hydrogen-bond acceptors (Lipinski definition) is 3. The quantitative estimate of drug-likeness (QED) is 0.367. The summed E-state index contributed by atoms with van der Waals surface area (Å²) >= 11 is 22.3. The van der Waals surface area contributed by atoms with Gasteiger partial charge < -0.3 is 5.73 Å². The van der Waals surface area contributed by atoms with E-state index in [0.29, 0.717) is 0 Å². The molecular formula is C6H2Cl4N2O2. The first-order valence-corrected chi connectivity index (χ1v) is 4.65. The van der Waals surface area contributed by atoms with Crippen molar-refractivity contribution in [2.24, 2.45) is 0 Å². The molecule has 1 rings (SSSR count). The number of nitrogens with two attached hydrogens (primary N) is 1. The summed E-state index contributed by atoms with van der Waals surface area (Å²) in [5.41, 5.74) is 4.78. The molecule has 76 valence electrons. The minimum absolute atomic E-state index is 0.0751. The van der Waals surface area contributed by atoms with E-state index in [1.54, 1.807) is 0 Å². The van der Waals surface area contributed by atoms with Gasteiger partial charge in [0.1, 0.15) is 10.0 Å². The monoisotopic (exact) mass is 274 g/mol. The molecule has 4 nitrogen and oxygen atoms in total. The van der Waals surface area contributed by atoms with Crippen molar-refractivity contribution in [1.82, 2.24) is 0 Å². The van der Waals surface area contributed by atoms with Crippen LogP contribution >= 0.6 is 46.4 Å². The van der Waals surface area contributed by atoms with Crippen molar-refractivity contribution in [3.63, 3.8) is 0 Å². The molecule has 0 unspecified atom stereocenters. The largest absolute Gasteiger partial charge is 0.396 e. The third kappa shape index (κ3) is 1.70. The number of rotatable bonds is 1. The van der Waals surface area contributed by atoms with Crippen molar-refractivity contribution in [3.05, 3.63) is 30.2 Å². The van der Waals surface area contributed by atoms with Crippen LogP contribution in [0.2, 0.25) is 20.1 Å². The smallest absolute Gasteiger partial charge is 0.309 e. The average Bonchev–Trinajstić information content (AvgIpc) is 2.11. The maximum Gasteiger partial charge on any atom is 0.309 e. The maximum absolute atomic E-state index is 10.5. The number of nitrogen functional groups attached to an aromatic ring is 1. The van der Waals surface area contributed by atoms with Gasteiger partial charge in [-0.3, -0.25) is 10.1 Å². The molecule has 1 aromatic rings. The second-order valence-electron chi connectivity index (χ2n) is 2.28. The second-order valence-corrected chi connectivity index (χ2v) is 3.79. The lowest BCUT2D eigenvalue weighted by Gasteiger charge is -2.06. The number of nitrogens with zero attached hydrogens (tertiary/aromatic N) is 1. The molecule has 0 aliphatic heterocycles. The number of halogens is 4. The van der Waals surface area contributed by atoms with Crippen LogP contribution in [-0.2, 0) is 0 Å². The Bertz CT molecular complexity index is 392. The van der Waals surface area contributed by atoms with Gasteiger partial charge in [0.2, 0.25) is 0 Å². The van der Waals surface area contributed by atoms with Crippen LogP contribution in [0.25, 0.3) is 0 Å². The molecule has 0 saturated heterocycles. The van der Waals surface area contributed by atoms with Gasteiger partial charge in [-0.25, -0.2) is 0 Å². The van der Waals surface area contributed by atoms with Gasteiger partial charge in [-0.2, -0.15) is 0 Å². The highest BCUT2D eigenvalue weighted by molar-refractivity contribution is 6.52. The predicted molar refractivity (Wildman–Crippen MR) is 57.5 cm³/mol. The number of benzene rings is 1. The Kier molecular flexibility index (Phi) is 3.32. The zero-order chi connectivity index (χ0) is 11.0. The number of anilines is 1. The normalized spacial score (nSPS) is 10.3. The summed E-state index contributed by atoms with van der Waals surface area (Å²) < 4.78 is 0. The van der Waals surface area contributed by atoms with Crippen molar-refractivity contribution in [2.45, 2.75) is 0 Å². The first-order valence-electron chi connectivity index (χ1n) is 3.13. The lowest BCUT2D eigenvalue weighted by molar-refractivity contribution is -0.384. The van der Waals surface area contributed by atoms with Gasteiger partial charge in [-0.1, -0.05) is 46.4 Å². The van der Waals surface area contributed by atoms with Crippen LogP contribution in [0.4, 0.5) is 11.4 Å². The fraction of sp³-hybridized carbons (Fsp3) is 0. The van der Waals surface area contributed by atoms with Gasteiger partial charge in [0.25, 0.3) is 0 Å². The molecule has 0 spiro atoms. The standard InChI is InChI=1S/C6H2Cl4N2O2/c7-1-3(9)6(12(13)14)4(10)2(8)5(1)11/h11H2. The molecule has 2 N–H and O–H groups in total. The van der Waals surface area contributed by atoms with Crippen LogP contribution in [0.5, 0.6) is 0 Å². The van der Waals surface area contributed by atoms with Crippen LogP contribution in [0.3, 0.4) is 0 Å². The van der Waals surface area contributed by atoms with E-state index in [-0.39, 0.29) is 25.8 Å². The Hall–Kier alpha value is -0.420. The third-order valence-corrected chi connectivity index (χ3v) is 3.17. The highest BCUT2D eigenvalue weighted by atomic mass is 35.5. The molecule has 0 heterocycles. The lowest BCUT2D eigenvalue weighted by Crippen LogP contribution is -1.96. The Morgan fingerprint density at radius 3 is 1.64 bits per heavy atom. The summed E-state index contributed by atoms with van der Waals surface area (Å²) in [7, 11) is 0. The van der Waals surface area contributed by atoms with E-state index < -0.39 is 10.6 Å². The fourth-order valence-corrected chi connectivity index (χ4v) is 1.79. The van der Waals surface area contributed by atoms with Gasteiger partial charge >= 0.3 is 5.69 Å². The van der Waals surface area contributed by atoms with E-state index in [2.05, 4.69) is 0 Å². The van der Waals surface area contributed by atoms with Crippen LogP contribution in [0, 0.1) is 10.1 Å². The van der Waals surface area contributed by atoms with E-state index in [1.165, 1.54) is 0 Å². The molecular weight excluding hydrogens is 274 g/mol. The minimum Gasteiger partial charge on any atom is -0.396 e. The zero-order valence-corrected chi connectivity index (χ0v) is 9.38. The van der Waals surface area contributed by atoms with Crippen molar-refractivity contribution in [3.8, 4) is 0 Å². The first-order chi connectivity index (χ1) is 6.37. The lowest BCUT2D eigenvalue weighted by atomic mass is 10.3. The molecule has 1 aromatic carbocycles. The van der Waals surface area contributed by atoms with Gasteiger partial charge in [-0.05, 0) is 0 Å². The maximum atomic E-state index is 10.5. The van der Waals surface area contributed by atoms with Crippen LogP contribution in [-0.4, -0.2) is 4.92 Å². The molecule has 0 amide bonds. The van der Waals surface area contributed by atoms with E-state index in [4.69, 9.17) is 52.1 Å². The van der Waals surface area contributed by atoms with Crippen molar-refractivity contribution < 1.29 is 4.92 Å². The molecule has 0 atom stereocenters.